The Morgan fingerprint density at radius 3 is 2.88 bits per heavy atom. The number of hydrogen-bond acceptors (Lipinski definition) is 3. The molecule has 0 bridgehead atoms. The Labute approximate surface area is 91.5 Å². The van der Waals surface area contributed by atoms with E-state index in [9.17, 15) is 14.5 Å². The van der Waals surface area contributed by atoms with Crippen LogP contribution in [0.1, 0.15) is 18.1 Å². The van der Waals surface area contributed by atoms with Gasteiger partial charge in [-0.3, -0.25) is 10.1 Å². The molecule has 0 amide bonds. The number of ether oxygens (including phenoxy) is 1. The van der Waals surface area contributed by atoms with Crippen LogP contribution in [0.5, 0.6) is 0 Å². The number of nitrogens with zero attached hydrogens (tertiary/aromatic N) is 1. The van der Waals surface area contributed by atoms with Crippen molar-refractivity contribution in [3.63, 3.8) is 0 Å². The molecule has 2 rings (SSSR count). The van der Waals surface area contributed by atoms with Crippen molar-refractivity contribution in [3.05, 3.63) is 51.8 Å². The molecule has 1 atom stereocenters. The van der Waals surface area contributed by atoms with E-state index >= 15 is 0 Å². The summed E-state index contributed by atoms with van der Waals surface area (Å²) in [6.07, 6.45) is 3.54. The molecule has 0 fully saturated rings. The quantitative estimate of drug-likeness (QED) is 0.440. The number of nitro groups is 1. The Morgan fingerprint density at radius 2 is 2.25 bits per heavy atom. The minimum absolute atomic E-state index is 0.0388. The molecule has 0 N–H and O–H groups in total. The molecule has 1 aliphatic rings. The van der Waals surface area contributed by atoms with Crippen molar-refractivity contribution in [3.8, 4) is 0 Å². The van der Waals surface area contributed by atoms with Crippen LogP contribution in [0.3, 0.4) is 0 Å². The van der Waals surface area contributed by atoms with Crippen molar-refractivity contribution in [2.75, 3.05) is 6.61 Å². The van der Waals surface area contributed by atoms with Gasteiger partial charge >= 0.3 is 0 Å². The lowest BCUT2D eigenvalue weighted by atomic mass is 10.0. The van der Waals surface area contributed by atoms with Gasteiger partial charge in [0.1, 0.15) is 5.82 Å². The molecule has 0 radical (unpaired) electrons. The summed E-state index contributed by atoms with van der Waals surface area (Å²) in [7, 11) is 0. The summed E-state index contributed by atoms with van der Waals surface area (Å²) >= 11 is 0. The molecule has 1 aliphatic heterocycles. The molecule has 0 saturated carbocycles. The molecule has 16 heavy (non-hydrogen) atoms. The fourth-order valence-corrected chi connectivity index (χ4v) is 1.73. The molecule has 0 spiro atoms. The van der Waals surface area contributed by atoms with Crippen LogP contribution in [0.25, 0.3) is 0 Å². The van der Waals surface area contributed by atoms with Crippen LogP contribution in [0, 0.1) is 15.9 Å². The Kier molecular flexibility index (Phi) is 2.96. The molecule has 1 heterocycles. The number of hydrogen-bond donors (Lipinski definition) is 0. The Hall–Kier alpha value is -1.75. The van der Waals surface area contributed by atoms with Gasteiger partial charge in [-0.25, -0.2) is 4.39 Å². The third-order valence-corrected chi connectivity index (χ3v) is 2.46. The van der Waals surface area contributed by atoms with Crippen molar-refractivity contribution in [2.45, 2.75) is 12.5 Å². The van der Waals surface area contributed by atoms with Gasteiger partial charge in [0, 0.05) is 6.07 Å². The summed E-state index contributed by atoms with van der Waals surface area (Å²) in [6, 6.07) is 3.83. The summed E-state index contributed by atoms with van der Waals surface area (Å²) in [5.41, 5.74) is -0.183. The van der Waals surface area contributed by atoms with Gasteiger partial charge in [-0.2, -0.15) is 0 Å². The first-order chi connectivity index (χ1) is 7.70. The van der Waals surface area contributed by atoms with Gasteiger partial charge in [-0.1, -0.05) is 18.2 Å². The van der Waals surface area contributed by atoms with Gasteiger partial charge in [0.15, 0.2) is 0 Å². The van der Waals surface area contributed by atoms with Crippen LogP contribution in [0.2, 0.25) is 0 Å². The molecule has 84 valence electrons. The lowest BCUT2D eigenvalue weighted by Gasteiger charge is -2.19. The zero-order valence-corrected chi connectivity index (χ0v) is 8.43. The van der Waals surface area contributed by atoms with Crippen molar-refractivity contribution in [1.82, 2.24) is 0 Å². The van der Waals surface area contributed by atoms with Crippen molar-refractivity contribution in [1.29, 1.82) is 0 Å². The summed E-state index contributed by atoms with van der Waals surface area (Å²) in [5.74, 6) is -0.588. The SMILES string of the molecule is O=[N+]([O-])c1cccc(F)c1C1CC=CCO1. The molecule has 1 aromatic carbocycles. The summed E-state index contributed by atoms with van der Waals surface area (Å²) in [4.78, 5) is 10.2. The Morgan fingerprint density at radius 1 is 1.44 bits per heavy atom. The largest absolute Gasteiger partial charge is 0.369 e. The van der Waals surface area contributed by atoms with Crippen LogP contribution in [0.4, 0.5) is 10.1 Å². The van der Waals surface area contributed by atoms with E-state index in [0.717, 1.165) is 0 Å². The van der Waals surface area contributed by atoms with Crippen LogP contribution in [0.15, 0.2) is 30.4 Å². The smallest absolute Gasteiger partial charge is 0.278 e. The predicted molar refractivity (Wildman–Crippen MR) is 55.5 cm³/mol. The minimum Gasteiger partial charge on any atom is -0.369 e. The van der Waals surface area contributed by atoms with Crippen LogP contribution < -0.4 is 0 Å². The molecular weight excluding hydrogens is 213 g/mol. The van der Waals surface area contributed by atoms with Gasteiger partial charge in [0.05, 0.1) is 23.2 Å². The molecule has 1 unspecified atom stereocenters. The lowest BCUT2D eigenvalue weighted by Crippen LogP contribution is -2.11. The number of benzene rings is 1. The third-order valence-electron chi connectivity index (χ3n) is 2.46. The maximum absolute atomic E-state index is 13.6. The van der Waals surface area contributed by atoms with Gasteiger partial charge in [0.25, 0.3) is 5.69 Å². The first-order valence-corrected chi connectivity index (χ1v) is 4.89. The topological polar surface area (TPSA) is 52.4 Å². The fraction of sp³-hybridized carbons (Fsp3) is 0.273. The van der Waals surface area contributed by atoms with Gasteiger partial charge in [-0.15, -0.1) is 0 Å². The Bertz CT molecular complexity index is 445. The third kappa shape index (κ3) is 1.94. The zero-order chi connectivity index (χ0) is 11.5. The molecule has 1 aromatic rings. The van der Waals surface area contributed by atoms with E-state index < -0.39 is 16.8 Å². The number of nitro benzene ring substituents is 1. The summed E-state index contributed by atoms with van der Waals surface area (Å²) < 4.78 is 18.9. The highest BCUT2D eigenvalue weighted by molar-refractivity contribution is 5.43. The fourth-order valence-electron chi connectivity index (χ4n) is 1.73. The van der Waals surface area contributed by atoms with Gasteiger partial charge in [0.2, 0.25) is 0 Å². The van der Waals surface area contributed by atoms with E-state index in [2.05, 4.69) is 0 Å². The van der Waals surface area contributed by atoms with E-state index in [4.69, 9.17) is 4.74 Å². The van der Waals surface area contributed by atoms with E-state index in [1.54, 1.807) is 0 Å². The maximum Gasteiger partial charge on any atom is 0.278 e. The standard InChI is InChI=1S/C11H10FNO3/c12-8-4-3-5-9(13(14)15)11(8)10-6-1-2-7-16-10/h1-5,10H,6-7H2. The van der Waals surface area contributed by atoms with E-state index in [0.29, 0.717) is 13.0 Å². The van der Waals surface area contributed by atoms with Crippen molar-refractivity contribution < 1.29 is 14.1 Å². The van der Waals surface area contributed by atoms with Crippen molar-refractivity contribution in [2.24, 2.45) is 0 Å². The normalized spacial score (nSPS) is 19.7. The van der Waals surface area contributed by atoms with Gasteiger partial charge in [-0.05, 0) is 12.5 Å². The van der Waals surface area contributed by atoms with Crippen LogP contribution in [-0.2, 0) is 4.74 Å². The monoisotopic (exact) mass is 223 g/mol. The highest BCUT2D eigenvalue weighted by Crippen LogP contribution is 2.33. The predicted octanol–water partition coefficient (Wildman–Crippen LogP) is 2.75. The molecule has 0 saturated heterocycles. The Balaban J connectivity index is 2.44. The first kappa shape index (κ1) is 10.8. The molecular formula is C11H10FNO3. The molecule has 0 aromatic heterocycles. The molecule has 0 aliphatic carbocycles. The first-order valence-electron chi connectivity index (χ1n) is 4.89. The number of rotatable bonds is 2. The van der Waals surface area contributed by atoms with E-state index in [1.165, 1.54) is 18.2 Å². The average molecular weight is 223 g/mol. The highest BCUT2D eigenvalue weighted by Gasteiger charge is 2.26. The van der Waals surface area contributed by atoms with Crippen molar-refractivity contribution >= 4 is 5.69 Å². The number of halogens is 1. The molecule has 5 heteroatoms. The second kappa shape index (κ2) is 4.40. The van der Waals surface area contributed by atoms with E-state index in [-0.39, 0.29) is 11.3 Å². The van der Waals surface area contributed by atoms with E-state index in [1.807, 2.05) is 12.2 Å². The lowest BCUT2D eigenvalue weighted by molar-refractivity contribution is -0.386. The van der Waals surface area contributed by atoms with Crippen LogP contribution >= 0.6 is 0 Å². The summed E-state index contributed by atoms with van der Waals surface area (Å²) in [6.45, 7) is 0.357. The summed E-state index contributed by atoms with van der Waals surface area (Å²) in [5, 5.41) is 10.8. The minimum atomic E-state index is -0.588. The second-order valence-corrected chi connectivity index (χ2v) is 3.46. The zero-order valence-electron chi connectivity index (χ0n) is 8.43. The van der Waals surface area contributed by atoms with Crippen LogP contribution in [-0.4, -0.2) is 11.5 Å². The highest BCUT2D eigenvalue weighted by atomic mass is 19.1. The molecule has 4 nitrogen and oxygen atoms in total. The maximum atomic E-state index is 13.6. The van der Waals surface area contributed by atoms with Gasteiger partial charge < -0.3 is 4.74 Å². The second-order valence-electron chi connectivity index (χ2n) is 3.46. The average Bonchev–Trinajstić information content (AvgIpc) is 2.29.